The zero-order valence-electron chi connectivity index (χ0n) is 14.3. The van der Waals surface area contributed by atoms with Gasteiger partial charge in [0.15, 0.2) is 0 Å². The molecule has 147 valence electrons. The molecule has 2 aromatic carbocycles. The molecule has 28 heavy (non-hydrogen) atoms. The molecule has 1 fully saturated rings. The van der Waals surface area contributed by atoms with E-state index in [-0.39, 0.29) is 5.56 Å². The molecule has 1 aliphatic rings. The van der Waals surface area contributed by atoms with E-state index in [9.17, 15) is 18.4 Å². The average Bonchev–Trinajstić information content (AvgIpc) is 2.90. The summed E-state index contributed by atoms with van der Waals surface area (Å²) in [6, 6.07) is 17.1. The van der Waals surface area contributed by atoms with E-state index < -0.39 is 62.6 Å². The molecular formula is C19H15BiBrF2O5. The number of benzene rings is 2. The maximum atomic E-state index is 14.4. The number of halogens is 3. The van der Waals surface area contributed by atoms with Crippen molar-refractivity contribution in [2.75, 3.05) is 6.61 Å². The summed E-state index contributed by atoms with van der Waals surface area (Å²) in [6.45, 7) is -0.457. The van der Waals surface area contributed by atoms with Crippen molar-refractivity contribution in [1.82, 2.24) is 0 Å². The van der Waals surface area contributed by atoms with Gasteiger partial charge in [-0.05, 0) is 0 Å². The molecule has 9 heteroatoms. The number of esters is 1. The number of carbonyl (C=O) groups excluding carboxylic acids is 2. The summed E-state index contributed by atoms with van der Waals surface area (Å²) < 4.78 is 44.4. The van der Waals surface area contributed by atoms with Crippen molar-refractivity contribution in [2.45, 2.75) is 23.1 Å². The van der Waals surface area contributed by atoms with Crippen LogP contribution in [0.4, 0.5) is 13.6 Å². The van der Waals surface area contributed by atoms with Crippen LogP contribution in [0, 0.1) is 0 Å². The van der Waals surface area contributed by atoms with E-state index in [1.165, 1.54) is 0 Å². The van der Waals surface area contributed by atoms with Crippen LogP contribution in [0.1, 0.15) is 10.4 Å². The van der Waals surface area contributed by atoms with Crippen molar-refractivity contribution in [1.29, 1.82) is 0 Å². The van der Waals surface area contributed by atoms with Gasteiger partial charge in [0.25, 0.3) is 0 Å². The van der Waals surface area contributed by atoms with Crippen LogP contribution in [-0.2, 0) is 14.2 Å². The second kappa shape index (κ2) is 9.37. The summed E-state index contributed by atoms with van der Waals surface area (Å²) in [5.74, 6) is -4.12. The maximum absolute atomic E-state index is 14.4. The van der Waals surface area contributed by atoms with Gasteiger partial charge in [-0.2, -0.15) is 0 Å². The number of alkyl halides is 3. The Hall–Kier alpha value is -1.44. The van der Waals surface area contributed by atoms with Crippen LogP contribution in [0.3, 0.4) is 0 Å². The predicted octanol–water partition coefficient (Wildman–Crippen LogP) is 3.13. The molecule has 3 rings (SSSR count). The van der Waals surface area contributed by atoms with Crippen LogP contribution >= 0.6 is 15.9 Å². The third-order valence-electron chi connectivity index (χ3n) is 3.91. The van der Waals surface area contributed by atoms with Gasteiger partial charge in [0.2, 0.25) is 0 Å². The van der Waals surface area contributed by atoms with Gasteiger partial charge in [-0.3, -0.25) is 0 Å². The molecule has 1 radical (unpaired) electrons. The van der Waals surface area contributed by atoms with Gasteiger partial charge >= 0.3 is 181 Å². The van der Waals surface area contributed by atoms with Crippen LogP contribution < -0.4 is 3.27 Å². The first-order chi connectivity index (χ1) is 13.4. The van der Waals surface area contributed by atoms with E-state index in [4.69, 9.17) is 14.2 Å². The molecule has 3 atom stereocenters. The predicted molar refractivity (Wildman–Crippen MR) is 101 cm³/mol. The Morgan fingerprint density at radius 2 is 1.68 bits per heavy atom. The quantitative estimate of drug-likeness (QED) is 0.274. The van der Waals surface area contributed by atoms with E-state index in [0.29, 0.717) is 0 Å². The monoisotopic (exact) mass is 649 g/mol. The van der Waals surface area contributed by atoms with E-state index in [1.807, 2.05) is 6.07 Å². The molecule has 0 aromatic heterocycles. The SMILES string of the molecule is O=[C](OC1[C@@H](COC(=O)c2ccccc2)O[C@@H](Br)C1(F)F)[Bi][c]1ccccc1. The van der Waals surface area contributed by atoms with Gasteiger partial charge in [0.1, 0.15) is 0 Å². The standard InChI is InChI=1S/C13H10BrF2O5.C6H5.Bi/c14-12-13(15,16)10(20-7-17)9(21-12)6-19-11(18)8-4-2-1-3-5-8;1-2-4-6-5-3-1;/h1-5,9-10,12H,6H2;1-5H;/t9-,10?,12-;;/m1../s1. The number of hydrogen-bond acceptors (Lipinski definition) is 5. The second-order valence-electron chi connectivity index (χ2n) is 5.88. The van der Waals surface area contributed by atoms with Crippen molar-refractivity contribution in [3.05, 3.63) is 66.2 Å². The molecule has 0 bridgehead atoms. The molecule has 1 unspecified atom stereocenters. The number of ether oxygens (including phenoxy) is 3. The van der Waals surface area contributed by atoms with Gasteiger partial charge in [-0.15, -0.1) is 0 Å². The Kier molecular flexibility index (Phi) is 7.12. The molecule has 0 amide bonds. The fourth-order valence-corrected chi connectivity index (χ4v) is 5.78. The van der Waals surface area contributed by atoms with Crippen molar-refractivity contribution >= 4 is 52.1 Å². The van der Waals surface area contributed by atoms with Gasteiger partial charge < -0.3 is 0 Å². The van der Waals surface area contributed by atoms with Gasteiger partial charge in [-0.25, -0.2) is 0 Å². The van der Waals surface area contributed by atoms with Crippen LogP contribution in [0.15, 0.2) is 60.7 Å². The zero-order valence-corrected chi connectivity index (χ0v) is 19.4. The van der Waals surface area contributed by atoms with Crippen LogP contribution in [0.2, 0.25) is 0 Å². The van der Waals surface area contributed by atoms with Gasteiger partial charge in [-0.1, -0.05) is 0 Å². The van der Waals surface area contributed by atoms with E-state index in [1.54, 1.807) is 54.6 Å². The number of carbonyl (C=O) groups is 2. The molecule has 5 nitrogen and oxygen atoms in total. The third-order valence-corrected chi connectivity index (χ3v) is 8.01. The minimum atomic E-state index is -3.45. The van der Waals surface area contributed by atoms with Gasteiger partial charge in [0, 0.05) is 0 Å². The summed E-state index contributed by atoms with van der Waals surface area (Å²) in [7, 11) is 0. The average molecular weight is 650 g/mol. The second-order valence-corrected chi connectivity index (χ2v) is 11.0. The Balaban J connectivity index is 1.64. The summed E-state index contributed by atoms with van der Waals surface area (Å²) >= 11 is 0.788. The fourth-order valence-electron chi connectivity index (χ4n) is 2.53. The zero-order chi connectivity index (χ0) is 20.1. The third kappa shape index (κ3) is 5.13. The normalized spacial score (nSPS) is 23.2. The van der Waals surface area contributed by atoms with Crippen molar-refractivity contribution in [3.63, 3.8) is 0 Å². The van der Waals surface area contributed by atoms with E-state index in [0.717, 1.165) is 3.27 Å². The molecule has 1 heterocycles. The summed E-state index contributed by atoms with van der Waals surface area (Å²) in [5.41, 5.74) is 0.287. The first kappa shape index (κ1) is 21.3. The molecule has 2 aromatic rings. The van der Waals surface area contributed by atoms with Crippen molar-refractivity contribution in [3.8, 4) is 0 Å². The van der Waals surface area contributed by atoms with Crippen LogP contribution in [0.25, 0.3) is 0 Å². The Bertz CT molecular complexity index is 822. The Labute approximate surface area is 180 Å². The Morgan fingerprint density at radius 3 is 2.32 bits per heavy atom. The molecular weight excluding hydrogens is 635 g/mol. The molecule has 0 saturated carbocycles. The topological polar surface area (TPSA) is 61.8 Å². The van der Waals surface area contributed by atoms with Gasteiger partial charge in [0.05, 0.1) is 0 Å². The summed E-state index contributed by atoms with van der Waals surface area (Å²) in [6.07, 6.45) is -3.10. The van der Waals surface area contributed by atoms with Crippen molar-refractivity contribution in [2.24, 2.45) is 0 Å². The van der Waals surface area contributed by atoms with Crippen molar-refractivity contribution < 1.29 is 32.6 Å². The molecule has 0 aliphatic carbocycles. The first-order valence-corrected chi connectivity index (χ1v) is 12.6. The summed E-state index contributed by atoms with van der Waals surface area (Å²) in [5, 5.41) is -1.64. The Morgan fingerprint density at radius 1 is 1.07 bits per heavy atom. The number of rotatable bonds is 6. The summed E-state index contributed by atoms with van der Waals surface area (Å²) in [4.78, 5) is 24.3. The molecule has 1 saturated heterocycles. The van der Waals surface area contributed by atoms with Crippen LogP contribution in [0.5, 0.6) is 0 Å². The van der Waals surface area contributed by atoms with Crippen LogP contribution in [-0.4, -0.2) is 62.6 Å². The molecule has 0 N–H and O–H groups in total. The fraction of sp³-hybridized carbons (Fsp3) is 0.263. The number of hydrogen-bond donors (Lipinski definition) is 0. The molecule has 0 spiro atoms. The van der Waals surface area contributed by atoms with E-state index >= 15 is 0 Å². The van der Waals surface area contributed by atoms with E-state index in [2.05, 4.69) is 15.9 Å². The first-order valence-electron chi connectivity index (χ1n) is 8.25. The molecule has 1 aliphatic heterocycles. The minimum absolute atomic E-state index is 0.287.